The number of esters is 1. The van der Waals surface area contributed by atoms with Gasteiger partial charge in [-0.3, -0.25) is 4.79 Å². The van der Waals surface area contributed by atoms with E-state index < -0.39 is 18.0 Å². The zero-order valence-corrected chi connectivity index (χ0v) is 13.2. The van der Waals surface area contributed by atoms with Gasteiger partial charge in [-0.25, -0.2) is 0 Å². The minimum absolute atomic E-state index is 0.0937. The molecule has 0 aliphatic heterocycles. The molecule has 2 aromatic rings. The Bertz CT molecular complexity index is 583. The Kier molecular flexibility index (Phi) is 6.78. The van der Waals surface area contributed by atoms with Gasteiger partial charge in [-0.1, -0.05) is 60.7 Å². The number of carbonyl (C=O) groups excluding carboxylic acids is 1. The number of carbonyl (C=O) groups is 1. The Balaban J connectivity index is 1.70. The number of hydrogen-bond donors (Lipinski definition) is 1. The number of aliphatic hydroxyl groups excluding tert-OH is 1. The van der Waals surface area contributed by atoms with Crippen molar-refractivity contribution in [1.82, 2.24) is 0 Å². The lowest BCUT2D eigenvalue weighted by atomic mass is 10.1. The number of hydrogen-bond acceptors (Lipinski definition) is 4. The molecule has 1 N–H and O–H groups in total. The van der Waals surface area contributed by atoms with E-state index in [0.29, 0.717) is 6.61 Å². The van der Waals surface area contributed by atoms with Gasteiger partial charge in [0.1, 0.15) is 6.61 Å². The summed E-state index contributed by atoms with van der Waals surface area (Å²) < 4.78 is 10.7. The summed E-state index contributed by atoms with van der Waals surface area (Å²) in [5.41, 5.74) is 1.95. The van der Waals surface area contributed by atoms with Crippen LogP contribution in [0, 0.1) is 5.92 Å². The Hall–Kier alpha value is -2.17. The second-order valence-electron chi connectivity index (χ2n) is 5.45. The van der Waals surface area contributed by atoms with Gasteiger partial charge < -0.3 is 14.6 Å². The Morgan fingerprint density at radius 3 is 2.04 bits per heavy atom. The van der Waals surface area contributed by atoms with Gasteiger partial charge in [-0.05, 0) is 18.1 Å². The zero-order chi connectivity index (χ0) is 16.5. The van der Waals surface area contributed by atoms with Crippen molar-refractivity contribution in [2.75, 3.05) is 6.61 Å². The maximum Gasteiger partial charge on any atom is 0.311 e. The number of benzene rings is 2. The largest absolute Gasteiger partial charge is 0.461 e. The molecule has 0 saturated heterocycles. The smallest absolute Gasteiger partial charge is 0.311 e. The van der Waals surface area contributed by atoms with E-state index in [1.165, 1.54) is 0 Å². The van der Waals surface area contributed by atoms with E-state index in [4.69, 9.17) is 9.47 Å². The summed E-state index contributed by atoms with van der Waals surface area (Å²) in [6.45, 7) is 2.35. The fourth-order valence-corrected chi connectivity index (χ4v) is 2.03. The predicted molar refractivity (Wildman–Crippen MR) is 87.5 cm³/mol. The van der Waals surface area contributed by atoms with Crippen molar-refractivity contribution in [2.24, 2.45) is 5.92 Å². The normalized spacial score (nSPS) is 13.3. The van der Waals surface area contributed by atoms with Gasteiger partial charge in [0.05, 0.1) is 25.2 Å². The molecule has 2 atom stereocenters. The number of ether oxygens (including phenoxy) is 2. The van der Waals surface area contributed by atoms with Gasteiger partial charge in [0, 0.05) is 0 Å². The van der Waals surface area contributed by atoms with Crippen LogP contribution in [0.5, 0.6) is 0 Å². The first kappa shape index (κ1) is 17.2. The molecule has 0 aromatic heterocycles. The van der Waals surface area contributed by atoms with Crippen LogP contribution in [0.3, 0.4) is 0 Å². The Morgan fingerprint density at radius 1 is 0.957 bits per heavy atom. The van der Waals surface area contributed by atoms with Crippen LogP contribution in [0.25, 0.3) is 0 Å². The highest BCUT2D eigenvalue weighted by atomic mass is 16.5. The van der Waals surface area contributed by atoms with E-state index in [-0.39, 0.29) is 13.2 Å². The molecule has 0 amide bonds. The van der Waals surface area contributed by atoms with Gasteiger partial charge in [-0.15, -0.1) is 0 Å². The van der Waals surface area contributed by atoms with Gasteiger partial charge in [0.25, 0.3) is 0 Å². The lowest BCUT2D eigenvalue weighted by molar-refractivity contribution is -0.154. The van der Waals surface area contributed by atoms with E-state index in [1.54, 1.807) is 6.92 Å². The van der Waals surface area contributed by atoms with Crippen LogP contribution >= 0.6 is 0 Å². The first-order chi connectivity index (χ1) is 11.2. The number of rotatable bonds is 8. The monoisotopic (exact) mass is 314 g/mol. The minimum atomic E-state index is -0.887. The van der Waals surface area contributed by atoms with Crippen molar-refractivity contribution >= 4 is 5.97 Å². The summed E-state index contributed by atoms with van der Waals surface area (Å²) in [6.07, 6.45) is -0.887. The van der Waals surface area contributed by atoms with Gasteiger partial charge in [-0.2, -0.15) is 0 Å². The molecule has 0 fully saturated rings. The van der Waals surface area contributed by atoms with E-state index in [2.05, 4.69) is 0 Å². The zero-order valence-electron chi connectivity index (χ0n) is 13.2. The molecule has 0 aliphatic rings. The van der Waals surface area contributed by atoms with Crippen LogP contribution in [0.4, 0.5) is 0 Å². The first-order valence-corrected chi connectivity index (χ1v) is 7.67. The molecule has 0 saturated carbocycles. The summed E-state index contributed by atoms with van der Waals surface area (Å²) >= 11 is 0. The van der Waals surface area contributed by atoms with Crippen molar-refractivity contribution in [3.8, 4) is 0 Å². The average Bonchev–Trinajstić information content (AvgIpc) is 2.60. The highest BCUT2D eigenvalue weighted by Crippen LogP contribution is 2.10. The van der Waals surface area contributed by atoms with Crippen molar-refractivity contribution in [3.63, 3.8) is 0 Å². The van der Waals surface area contributed by atoms with Crippen LogP contribution in [0.1, 0.15) is 18.1 Å². The fourth-order valence-electron chi connectivity index (χ4n) is 2.03. The van der Waals surface area contributed by atoms with E-state index in [1.807, 2.05) is 60.7 Å². The molecule has 0 unspecified atom stereocenters. The molecular weight excluding hydrogens is 292 g/mol. The molecule has 2 aromatic carbocycles. The molecular formula is C19H22O4. The molecule has 2 rings (SSSR count). The van der Waals surface area contributed by atoms with Crippen LogP contribution in [0.15, 0.2) is 60.7 Å². The SMILES string of the molecule is C[C@@H](C(=O)OCc1ccccc1)[C@H](O)COCc1ccccc1. The second-order valence-corrected chi connectivity index (χ2v) is 5.45. The molecule has 4 nitrogen and oxygen atoms in total. The molecule has 0 radical (unpaired) electrons. The maximum absolute atomic E-state index is 12.0. The number of aliphatic hydroxyl groups is 1. The summed E-state index contributed by atoms with van der Waals surface area (Å²) in [5.74, 6) is -1.06. The third-order valence-electron chi connectivity index (χ3n) is 3.57. The van der Waals surface area contributed by atoms with Gasteiger partial charge in [0.15, 0.2) is 0 Å². The molecule has 4 heteroatoms. The van der Waals surface area contributed by atoms with Crippen LogP contribution in [0.2, 0.25) is 0 Å². The minimum Gasteiger partial charge on any atom is -0.461 e. The highest BCUT2D eigenvalue weighted by Gasteiger charge is 2.23. The molecule has 0 heterocycles. The van der Waals surface area contributed by atoms with Crippen molar-refractivity contribution < 1.29 is 19.4 Å². The molecule has 0 spiro atoms. The van der Waals surface area contributed by atoms with Crippen molar-refractivity contribution in [3.05, 3.63) is 71.8 Å². The topological polar surface area (TPSA) is 55.8 Å². The summed E-state index contributed by atoms with van der Waals surface area (Å²) in [4.78, 5) is 12.0. The quantitative estimate of drug-likeness (QED) is 0.761. The van der Waals surface area contributed by atoms with Gasteiger partial charge in [0.2, 0.25) is 0 Å². The molecule has 0 bridgehead atoms. The average molecular weight is 314 g/mol. The summed E-state index contributed by atoms with van der Waals surface area (Å²) in [7, 11) is 0. The van der Waals surface area contributed by atoms with E-state index >= 15 is 0 Å². The molecule has 122 valence electrons. The Labute approximate surface area is 136 Å². The van der Waals surface area contributed by atoms with Crippen LogP contribution < -0.4 is 0 Å². The van der Waals surface area contributed by atoms with E-state index in [9.17, 15) is 9.90 Å². The molecule has 0 aliphatic carbocycles. The predicted octanol–water partition coefficient (Wildman–Crippen LogP) is 2.94. The van der Waals surface area contributed by atoms with Crippen molar-refractivity contribution in [1.29, 1.82) is 0 Å². The maximum atomic E-state index is 12.0. The molecule has 23 heavy (non-hydrogen) atoms. The van der Waals surface area contributed by atoms with Crippen LogP contribution in [-0.4, -0.2) is 23.8 Å². The standard InChI is InChI=1S/C19H22O4/c1-15(19(21)23-13-17-10-6-3-7-11-17)18(20)14-22-12-16-8-4-2-5-9-16/h2-11,15,18,20H,12-14H2,1H3/t15-,18-/m1/s1. The van der Waals surface area contributed by atoms with Gasteiger partial charge >= 0.3 is 5.97 Å². The second kappa shape index (κ2) is 9.08. The first-order valence-electron chi connectivity index (χ1n) is 7.67. The lowest BCUT2D eigenvalue weighted by Gasteiger charge is -2.18. The third kappa shape index (κ3) is 5.85. The summed E-state index contributed by atoms with van der Waals surface area (Å²) in [5, 5.41) is 10.0. The highest BCUT2D eigenvalue weighted by molar-refractivity contribution is 5.72. The Morgan fingerprint density at radius 2 is 1.48 bits per heavy atom. The fraction of sp³-hybridized carbons (Fsp3) is 0.316. The van der Waals surface area contributed by atoms with E-state index in [0.717, 1.165) is 11.1 Å². The van der Waals surface area contributed by atoms with Crippen LogP contribution in [-0.2, 0) is 27.5 Å². The summed E-state index contributed by atoms with van der Waals surface area (Å²) in [6, 6.07) is 19.1. The van der Waals surface area contributed by atoms with Crippen molar-refractivity contribution in [2.45, 2.75) is 26.2 Å². The lowest BCUT2D eigenvalue weighted by Crippen LogP contribution is -2.31. The third-order valence-corrected chi connectivity index (χ3v) is 3.57.